The molecule has 2 atom stereocenters. The van der Waals surface area contributed by atoms with E-state index in [1.165, 1.54) is 0 Å². The largest absolute Gasteiger partial charge is 0.497 e. The number of nitrogens with one attached hydrogen (secondary N) is 1. The smallest absolute Gasteiger partial charge is 0.237 e. The lowest BCUT2D eigenvalue weighted by Crippen LogP contribution is -2.45. The van der Waals surface area contributed by atoms with Crippen LogP contribution >= 0.6 is 0 Å². The summed E-state index contributed by atoms with van der Waals surface area (Å²) in [6.07, 6.45) is 0.822. The van der Waals surface area contributed by atoms with Gasteiger partial charge < -0.3 is 15.8 Å². The summed E-state index contributed by atoms with van der Waals surface area (Å²) in [5, 5.41) is 3.00. The van der Waals surface area contributed by atoms with Gasteiger partial charge in [0, 0.05) is 0 Å². The van der Waals surface area contributed by atoms with E-state index in [4.69, 9.17) is 10.5 Å². The molecule has 1 aromatic rings. The molecule has 4 heteroatoms. The molecule has 0 bridgehead atoms. The number of methoxy groups -OCH3 is 1. The van der Waals surface area contributed by atoms with Crippen molar-refractivity contribution in [3.63, 3.8) is 0 Å². The van der Waals surface area contributed by atoms with Crippen LogP contribution in [0.1, 0.15) is 38.8 Å². The minimum atomic E-state index is -0.465. The van der Waals surface area contributed by atoms with Gasteiger partial charge in [0.25, 0.3) is 0 Å². The average Bonchev–Trinajstić information content (AvgIpc) is 2.43. The molecule has 1 unspecified atom stereocenters. The van der Waals surface area contributed by atoms with Gasteiger partial charge in [-0.25, -0.2) is 0 Å². The Bertz CT molecular complexity index is 401. The summed E-state index contributed by atoms with van der Waals surface area (Å²) in [6.45, 7) is 5.92. The number of carbonyl (C=O) groups is 1. The Balaban J connectivity index is 2.74. The van der Waals surface area contributed by atoms with Gasteiger partial charge in [-0.15, -0.1) is 0 Å². The molecule has 0 saturated heterocycles. The molecule has 0 aromatic heterocycles. The van der Waals surface area contributed by atoms with Crippen molar-refractivity contribution in [1.82, 2.24) is 5.32 Å². The lowest BCUT2D eigenvalue weighted by Gasteiger charge is -2.22. The number of amides is 1. The molecule has 0 radical (unpaired) electrons. The first kappa shape index (κ1) is 15.5. The molecular formula is C15H24N2O2. The van der Waals surface area contributed by atoms with Crippen molar-refractivity contribution in [2.45, 2.75) is 39.3 Å². The van der Waals surface area contributed by atoms with Crippen molar-refractivity contribution in [3.8, 4) is 5.75 Å². The molecule has 0 heterocycles. The second-order valence-electron chi connectivity index (χ2n) is 5.01. The number of rotatable bonds is 6. The molecule has 1 amide bonds. The maximum absolute atomic E-state index is 12.0. The van der Waals surface area contributed by atoms with Gasteiger partial charge in [0.1, 0.15) is 5.75 Å². The van der Waals surface area contributed by atoms with Gasteiger partial charge >= 0.3 is 0 Å². The van der Waals surface area contributed by atoms with Gasteiger partial charge in [-0.1, -0.05) is 32.9 Å². The lowest BCUT2D eigenvalue weighted by atomic mass is 10.0. The summed E-state index contributed by atoms with van der Waals surface area (Å²) in [6, 6.07) is 7.25. The predicted octanol–water partition coefficient (Wildman–Crippen LogP) is 2.25. The van der Waals surface area contributed by atoms with Crippen LogP contribution in [0.15, 0.2) is 24.3 Å². The average molecular weight is 264 g/mol. The highest BCUT2D eigenvalue weighted by atomic mass is 16.5. The summed E-state index contributed by atoms with van der Waals surface area (Å²) in [4.78, 5) is 12.0. The normalized spacial score (nSPS) is 14.0. The number of nitrogens with two attached hydrogens (primary N) is 1. The lowest BCUT2D eigenvalue weighted by molar-refractivity contribution is -0.124. The third-order valence-corrected chi connectivity index (χ3v) is 3.26. The summed E-state index contributed by atoms with van der Waals surface area (Å²) >= 11 is 0. The molecule has 1 rings (SSSR count). The van der Waals surface area contributed by atoms with Crippen LogP contribution < -0.4 is 15.8 Å². The van der Waals surface area contributed by atoms with E-state index in [0.29, 0.717) is 0 Å². The van der Waals surface area contributed by atoms with Crippen LogP contribution in [0, 0.1) is 5.92 Å². The summed E-state index contributed by atoms with van der Waals surface area (Å²) in [5.41, 5.74) is 6.92. The topological polar surface area (TPSA) is 64.4 Å². The van der Waals surface area contributed by atoms with E-state index in [1.807, 2.05) is 45.0 Å². The number of ether oxygens (including phenoxy) is 1. The third-order valence-electron chi connectivity index (χ3n) is 3.26. The highest BCUT2D eigenvalue weighted by Crippen LogP contribution is 2.20. The van der Waals surface area contributed by atoms with Crippen molar-refractivity contribution in [2.75, 3.05) is 7.11 Å². The summed E-state index contributed by atoms with van der Waals surface area (Å²) in [5.74, 6) is 0.842. The Kier molecular flexibility index (Phi) is 5.83. The first-order valence-corrected chi connectivity index (χ1v) is 6.69. The maximum atomic E-state index is 12.0. The molecule has 3 N–H and O–H groups in total. The van der Waals surface area contributed by atoms with Gasteiger partial charge in [-0.2, -0.15) is 0 Å². The van der Waals surface area contributed by atoms with E-state index in [-0.39, 0.29) is 17.9 Å². The Hall–Kier alpha value is -1.55. The van der Waals surface area contributed by atoms with E-state index in [0.717, 1.165) is 17.7 Å². The predicted molar refractivity (Wildman–Crippen MR) is 77.0 cm³/mol. The van der Waals surface area contributed by atoms with Crippen molar-refractivity contribution in [2.24, 2.45) is 11.7 Å². The van der Waals surface area contributed by atoms with Gasteiger partial charge in [0.05, 0.1) is 19.2 Å². The van der Waals surface area contributed by atoms with E-state index < -0.39 is 6.04 Å². The van der Waals surface area contributed by atoms with Crippen LogP contribution in [-0.2, 0) is 4.79 Å². The fourth-order valence-electron chi connectivity index (χ4n) is 1.83. The zero-order chi connectivity index (χ0) is 14.4. The fourth-order valence-corrected chi connectivity index (χ4v) is 1.83. The molecular weight excluding hydrogens is 240 g/mol. The van der Waals surface area contributed by atoms with Crippen LogP contribution in [-0.4, -0.2) is 19.1 Å². The minimum absolute atomic E-state index is 0.0109. The first-order chi connectivity index (χ1) is 8.99. The monoisotopic (exact) mass is 264 g/mol. The SMILES string of the molecule is CCC(NC(=O)[C@@H](N)C(C)C)c1ccc(OC)cc1. The van der Waals surface area contributed by atoms with Crippen molar-refractivity contribution >= 4 is 5.91 Å². The number of hydrogen-bond acceptors (Lipinski definition) is 3. The Morgan fingerprint density at radius 2 is 1.89 bits per heavy atom. The fraction of sp³-hybridized carbons (Fsp3) is 0.533. The zero-order valence-electron chi connectivity index (χ0n) is 12.1. The first-order valence-electron chi connectivity index (χ1n) is 6.69. The second kappa shape index (κ2) is 7.14. The molecule has 19 heavy (non-hydrogen) atoms. The van der Waals surface area contributed by atoms with Gasteiger partial charge in [0.2, 0.25) is 5.91 Å². The number of hydrogen-bond donors (Lipinski definition) is 2. The van der Waals surface area contributed by atoms with E-state index in [1.54, 1.807) is 7.11 Å². The van der Waals surface area contributed by atoms with Crippen LogP contribution in [0.4, 0.5) is 0 Å². The molecule has 0 aliphatic rings. The quantitative estimate of drug-likeness (QED) is 0.828. The Morgan fingerprint density at radius 1 is 1.32 bits per heavy atom. The minimum Gasteiger partial charge on any atom is -0.497 e. The molecule has 0 spiro atoms. The third kappa shape index (κ3) is 4.24. The van der Waals surface area contributed by atoms with Crippen LogP contribution in [0.2, 0.25) is 0 Å². The Labute approximate surface area is 115 Å². The van der Waals surface area contributed by atoms with Gasteiger partial charge in [-0.05, 0) is 30.0 Å². The van der Waals surface area contributed by atoms with E-state index in [2.05, 4.69) is 5.32 Å². The Morgan fingerprint density at radius 3 is 2.32 bits per heavy atom. The van der Waals surface area contributed by atoms with Crippen LogP contribution in [0.25, 0.3) is 0 Å². The second-order valence-corrected chi connectivity index (χ2v) is 5.01. The van der Waals surface area contributed by atoms with Gasteiger partial charge in [-0.3, -0.25) is 4.79 Å². The van der Waals surface area contributed by atoms with Gasteiger partial charge in [0.15, 0.2) is 0 Å². The highest BCUT2D eigenvalue weighted by Gasteiger charge is 2.20. The number of benzene rings is 1. The van der Waals surface area contributed by atoms with Crippen molar-refractivity contribution < 1.29 is 9.53 Å². The maximum Gasteiger partial charge on any atom is 0.237 e. The van der Waals surface area contributed by atoms with E-state index in [9.17, 15) is 4.79 Å². The van der Waals surface area contributed by atoms with Crippen LogP contribution in [0.3, 0.4) is 0 Å². The molecule has 106 valence electrons. The molecule has 0 saturated carbocycles. The zero-order valence-corrected chi connectivity index (χ0v) is 12.1. The molecule has 4 nitrogen and oxygen atoms in total. The molecule has 1 aromatic carbocycles. The van der Waals surface area contributed by atoms with Crippen molar-refractivity contribution in [3.05, 3.63) is 29.8 Å². The molecule has 0 aliphatic heterocycles. The number of carbonyl (C=O) groups excluding carboxylic acids is 1. The molecule has 0 aliphatic carbocycles. The van der Waals surface area contributed by atoms with Crippen molar-refractivity contribution in [1.29, 1.82) is 0 Å². The summed E-state index contributed by atoms with van der Waals surface area (Å²) in [7, 11) is 1.63. The molecule has 0 fully saturated rings. The standard InChI is InChI=1S/C15H24N2O2/c1-5-13(17-15(18)14(16)10(2)3)11-6-8-12(19-4)9-7-11/h6-10,13-14H,5,16H2,1-4H3,(H,17,18)/t13?,14-/m0/s1. The summed E-state index contributed by atoms with van der Waals surface area (Å²) < 4.78 is 5.13. The highest BCUT2D eigenvalue weighted by molar-refractivity contribution is 5.82. The van der Waals surface area contributed by atoms with Crippen LogP contribution in [0.5, 0.6) is 5.75 Å². The van der Waals surface area contributed by atoms with E-state index >= 15 is 0 Å².